The third kappa shape index (κ3) is 1.12. The first-order chi connectivity index (χ1) is 5.61. The molecule has 1 unspecified atom stereocenters. The third-order valence-corrected chi connectivity index (χ3v) is 3.60. The van der Waals surface area contributed by atoms with Crippen molar-refractivity contribution in [2.45, 2.75) is 12.8 Å². The number of quaternary nitrogens is 1. The molecule has 0 aliphatic carbocycles. The van der Waals surface area contributed by atoms with Gasteiger partial charge in [0.05, 0.1) is 26.7 Å². The number of hydrogen-bond donors (Lipinski definition) is 1. The lowest BCUT2D eigenvalue weighted by atomic mass is 9.77. The molecule has 0 spiro atoms. The molecule has 3 rings (SSSR count). The molecule has 0 saturated carbocycles. The van der Waals surface area contributed by atoms with Crippen LogP contribution in [0.5, 0.6) is 0 Å². The van der Waals surface area contributed by atoms with E-state index in [2.05, 4.69) is 7.05 Å². The molecule has 3 fully saturated rings. The average Bonchev–Trinajstić information content (AvgIpc) is 2.04. The van der Waals surface area contributed by atoms with Crippen molar-refractivity contribution in [2.75, 3.05) is 26.7 Å². The summed E-state index contributed by atoms with van der Waals surface area (Å²) in [6, 6.07) is 0. The van der Waals surface area contributed by atoms with Crippen LogP contribution in [0.15, 0.2) is 0 Å². The summed E-state index contributed by atoms with van der Waals surface area (Å²) in [6.07, 6.45) is 2.24. The van der Waals surface area contributed by atoms with Gasteiger partial charge in [-0.1, -0.05) is 0 Å². The standard InChI is InChI=1S/C9H15NO2/c1-10-4-2-7(3-5-10)8(6-10)9(11)12/h7-8H,2-6H2,1H3/p+1. The Morgan fingerprint density at radius 3 is 2.33 bits per heavy atom. The number of carboxylic acids is 1. The highest BCUT2D eigenvalue weighted by atomic mass is 16.4. The summed E-state index contributed by atoms with van der Waals surface area (Å²) in [4.78, 5) is 10.9. The SMILES string of the molecule is C[N+]12CCC(CC1)C(C(=O)O)C2. The van der Waals surface area contributed by atoms with E-state index in [0.717, 1.165) is 23.9 Å². The van der Waals surface area contributed by atoms with Crippen LogP contribution in [0.3, 0.4) is 0 Å². The predicted octanol–water partition coefficient (Wildman–Crippen LogP) is 0.557. The number of rotatable bonds is 1. The number of nitrogens with zero attached hydrogens (tertiary/aromatic N) is 1. The average molecular weight is 170 g/mol. The first-order valence-electron chi connectivity index (χ1n) is 4.67. The zero-order valence-electron chi connectivity index (χ0n) is 7.49. The summed E-state index contributed by atoms with van der Waals surface area (Å²) >= 11 is 0. The summed E-state index contributed by atoms with van der Waals surface area (Å²) in [6.45, 7) is 3.24. The van der Waals surface area contributed by atoms with Gasteiger partial charge in [0.25, 0.3) is 0 Å². The minimum atomic E-state index is -0.580. The van der Waals surface area contributed by atoms with Crippen molar-refractivity contribution in [3.63, 3.8) is 0 Å². The zero-order valence-corrected chi connectivity index (χ0v) is 7.49. The van der Waals surface area contributed by atoms with Gasteiger partial charge in [-0.15, -0.1) is 0 Å². The smallest absolute Gasteiger partial charge is 0.312 e. The lowest BCUT2D eigenvalue weighted by molar-refractivity contribution is -0.927. The van der Waals surface area contributed by atoms with E-state index in [1.807, 2.05) is 0 Å². The number of fused-ring (bicyclic) bond motifs is 3. The lowest BCUT2D eigenvalue weighted by Crippen LogP contribution is -2.60. The van der Waals surface area contributed by atoms with E-state index in [1.165, 1.54) is 13.1 Å². The van der Waals surface area contributed by atoms with Crippen LogP contribution in [0, 0.1) is 11.8 Å². The Balaban J connectivity index is 2.16. The Hall–Kier alpha value is -0.570. The van der Waals surface area contributed by atoms with Crippen LogP contribution in [0.25, 0.3) is 0 Å². The molecule has 0 aromatic carbocycles. The van der Waals surface area contributed by atoms with E-state index >= 15 is 0 Å². The summed E-state index contributed by atoms with van der Waals surface area (Å²) in [7, 11) is 2.19. The van der Waals surface area contributed by atoms with Crippen molar-refractivity contribution in [3.8, 4) is 0 Å². The molecule has 0 radical (unpaired) electrons. The van der Waals surface area contributed by atoms with Crippen LogP contribution in [0.4, 0.5) is 0 Å². The molecule has 0 aromatic heterocycles. The van der Waals surface area contributed by atoms with Gasteiger partial charge in [-0.2, -0.15) is 0 Å². The van der Waals surface area contributed by atoms with Crippen LogP contribution >= 0.6 is 0 Å². The van der Waals surface area contributed by atoms with Gasteiger partial charge in [0.15, 0.2) is 0 Å². The normalized spacial score (nSPS) is 46.1. The fraction of sp³-hybridized carbons (Fsp3) is 0.889. The molecule has 0 aromatic rings. The molecule has 12 heavy (non-hydrogen) atoms. The topological polar surface area (TPSA) is 37.3 Å². The molecule has 3 aliphatic heterocycles. The van der Waals surface area contributed by atoms with E-state index < -0.39 is 5.97 Å². The largest absolute Gasteiger partial charge is 0.481 e. The Morgan fingerprint density at radius 1 is 1.42 bits per heavy atom. The summed E-state index contributed by atoms with van der Waals surface area (Å²) in [5, 5.41) is 8.96. The molecule has 3 heterocycles. The molecule has 1 N–H and O–H groups in total. The Bertz CT molecular complexity index is 207. The molecule has 0 amide bonds. The van der Waals surface area contributed by atoms with Crippen LogP contribution in [0.1, 0.15) is 12.8 Å². The Kier molecular flexibility index (Phi) is 1.65. The maximum Gasteiger partial charge on any atom is 0.312 e. The van der Waals surface area contributed by atoms with Crippen molar-refractivity contribution in [2.24, 2.45) is 11.8 Å². The van der Waals surface area contributed by atoms with Crippen LogP contribution in [0.2, 0.25) is 0 Å². The summed E-state index contributed by atoms with van der Waals surface area (Å²) in [5.74, 6) is -0.163. The molecule has 2 bridgehead atoms. The van der Waals surface area contributed by atoms with Gasteiger partial charge in [-0.25, -0.2) is 0 Å². The molecular formula is C9H16NO2+. The second-order valence-corrected chi connectivity index (χ2v) is 4.53. The monoisotopic (exact) mass is 170 g/mol. The van der Waals surface area contributed by atoms with E-state index in [9.17, 15) is 4.79 Å². The van der Waals surface area contributed by atoms with E-state index in [4.69, 9.17) is 5.11 Å². The van der Waals surface area contributed by atoms with Gasteiger partial charge in [0.2, 0.25) is 0 Å². The highest BCUT2D eigenvalue weighted by Crippen LogP contribution is 2.36. The first kappa shape index (κ1) is 8.05. The van der Waals surface area contributed by atoms with Crippen molar-refractivity contribution in [3.05, 3.63) is 0 Å². The number of carboxylic acid groups (broad SMARTS) is 1. The molecule has 1 atom stereocenters. The van der Waals surface area contributed by atoms with Gasteiger partial charge in [0.1, 0.15) is 5.92 Å². The summed E-state index contributed by atoms with van der Waals surface area (Å²) in [5.41, 5.74) is 0. The number of carbonyl (C=O) groups is 1. The molecule has 68 valence electrons. The fourth-order valence-corrected chi connectivity index (χ4v) is 2.70. The van der Waals surface area contributed by atoms with Gasteiger partial charge in [-0.3, -0.25) is 4.79 Å². The Morgan fingerprint density at radius 2 is 2.00 bits per heavy atom. The van der Waals surface area contributed by atoms with Crippen LogP contribution in [-0.4, -0.2) is 42.2 Å². The van der Waals surface area contributed by atoms with E-state index in [-0.39, 0.29) is 5.92 Å². The van der Waals surface area contributed by atoms with Gasteiger partial charge < -0.3 is 9.59 Å². The maximum atomic E-state index is 10.9. The van der Waals surface area contributed by atoms with E-state index in [0.29, 0.717) is 5.92 Å². The van der Waals surface area contributed by atoms with Gasteiger partial charge in [-0.05, 0) is 5.92 Å². The molecular weight excluding hydrogens is 154 g/mol. The Labute approximate surface area is 72.6 Å². The molecule has 3 aliphatic rings. The van der Waals surface area contributed by atoms with Gasteiger partial charge >= 0.3 is 5.97 Å². The molecule has 3 nitrogen and oxygen atoms in total. The lowest BCUT2D eigenvalue weighted by Gasteiger charge is -2.49. The highest BCUT2D eigenvalue weighted by Gasteiger charge is 2.46. The van der Waals surface area contributed by atoms with E-state index in [1.54, 1.807) is 0 Å². The van der Waals surface area contributed by atoms with Crippen LogP contribution < -0.4 is 0 Å². The second kappa shape index (κ2) is 2.46. The third-order valence-electron chi connectivity index (χ3n) is 3.60. The van der Waals surface area contributed by atoms with Gasteiger partial charge in [0, 0.05) is 12.8 Å². The minimum absolute atomic E-state index is 0.0579. The van der Waals surface area contributed by atoms with Crippen molar-refractivity contribution in [1.82, 2.24) is 0 Å². The van der Waals surface area contributed by atoms with Crippen molar-refractivity contribution >= 4 is 5.97 Å². The fourth-order valence-electron chi connectivity index (χ4n) is 2.70. The molecule has 3 saturated heterocycles. The maximum absolute atomic E-state index is 10.9. The van der Waals surface area contributed by atoms with Crippen molar-refractivity contribution in [1.29, 1.82) is 0 Å². The number of hydrogen-bond acceptors (Lipinski definition) is 1. The zero-order chi connectivity index (χ0) is 8.77. The number of aliphatic carboxylic acids is 1. The highest BCUT2D eigenvalue weighted by molar-refractivity contribution is 5.70. The summed E-state index contributed by atoms with van der Waals surface area (Å²) < 4.78 is 0.994. The predicted molar refractivity (Wildman–Crippen MR) is 44.6 cm³/mol. The molecule has 3 heteroatoms. The minimum Gasteiger partial charge on any atom is -0.481 e. The quantitative estimate of drug-likeness (QED) is 0.584. The second-order valence-electron chi connectivity index (χ2n) is 4.53. The first-order valence-corrected chi connectivity index (χ1v) is 4.67. The number of piperidine rings is 3. The van der Waals surface area contributed by atoms with Crippen molar-refractivity contribution < 1.29 is 14.4 Å². The van der Waals surface area contributed by atoms with Crippen LogP contribution in [-0.2, 0) is 4.79 Å².